The molecule has 0 amide bonds. The van der Waals surface area contributed by atoms with Gasteiger partial charge >= 0.3 is 85.6 Å². The number of nitrogens with zero attached hydrogens (tertiary/aromatic N) is 1. The number of rotatable bonds is 1. The zero-order chi connectivity index (χ0) is 10.1. The Morgan fingerprint density at radius 1 is 1.46 bits per heavy atom. The summed E-state index contributed by atoms with van der Waals surface area (Å²) >= 11 is 2.93. The Morgan fingerprint density at radius 3 is 2.54 bits per heavy atom. The molecule has 0 bridgehead atoms. The van der Waals surface area contributed by atoms with E-state index >= 15 is 0 Å². The molecule has 0 fully saturated rings. The first-order valence-electron chi connectivity index (χ1n) is 4.14. The third-order valence-corrected chi connectivity index (χ3v) is 2.73. The summed E-state index contributed by atoms with van der Waals surface area (Å²) in [7, 11) is 0. The van der Waals surface area contributed by atoms with Crippen LogP contribution in [0.15, 0.2) is 18.3 Å². The van der Waals surface area contributed by atoms with Gasteiger partial charge in [0.05, 0.1) is 0 Å². The summed E-state index contributed by atoms with van der Waals surface area (Å²) in [6, 6.07) is 3.69. The van der Waals surface area contributed by atoms with Gasteiger partial charge < -0.3 is 0 Å². The van der Waals surface area contributed by atoms with Gasteiger partial charge in [0.15, 0.2) is 0 Å². The van der Waals surface area contributed by atoms with Crippen molar-refractivity contribution in [2.24, 2.45) is 0 Å². The fourth-order valence-corrected chi connectivity index (χ4v) is 2.07. The van der Waals surface area contributed by atoms with Gasteiger partial charge in [-0.05, 0) is 0 Å². The summed E-state index contributed by atoms with van der Waals surface area (Å²) in [5, 5.41) is 0. The van der Waals surface area contributed by atoms with Gasteiger partial charge in [-0.15, -0.1) is 0 Å². The molecule has 0 saturated carbocycles. The van der Waals surface area contributed by atoms with Crippen molar-refractivity contribution in [1.82, 2.24) is 4.57 Å². The van der Waals surface area contributed by atoms with E-state index in [0.29, 0.717) is 5.56 Å². The van der Waals surface area contributed by atoms with Crippen LogP contribution in [0.2, 0.25) is 0 Å². The standard InChI is InChI=1S/C10H13NOSe/c1-10(2,3)11-6-4-5-8(7-12)9(11)13/h4-7H,1-3H3. The maximum atomic E-state index is 10.7. The van der Waals surface area contributed by atoms with Crippen LogP contribution in [-0.4, -0.2) is 26.4 Å². The second-order valence-electron chi connectivity index (χ2n) is 3.93. The topological polar surface area (TPSA) is 22.0 Å². The second-order valence-corrected chi connectivity index (χ2v) is 4.74. The number of aldehydes is 1. The summed E-state index contributed by atoms with van der Waals surface area (Å²) in [4.78, 5) is 10.7. The number of hydrogen-bond donors (Lipinski definition) is 0. The van der Waals surface area contributed by atoms with Crippen molar-refractivity contribution in [2.45, 2.75) is 26.3 Å². The van der Waals surface area contributed by atoms with Crippen LogP contribution < -0.4 is 0 Å². The average Bonchev–Trinajstić information content (AvgIpc) is 2.02. The Morgan fingerprint density at radius 2 is 2.08 bits per heavy atom. The molecule has 0 aliphatic carbocycles. The second kappa shape index (κ2) is 3.60. The fraction of sp³-hybridized carbons (Fsp3) is 0.400. The summed E-state index contributed by atoms with van der Waals surface area (Å²) in [6.45, 7) is 6.30. The van der Waals surface area contributed by atoms with Gasteiger partial charge in [0.2, 0.25) is 0 Å². The molecule has 70 valence electrons. The van der Waals surface area contributed by atoms with Gasteiger partial charge in [0.25, 0.3) is 0 Å². The molecule has 0 aromatic carbocycles. The first-order valence-corrected chi connectivity index (χ1v) is 5.00. The van der Waals surface area contributed by atoms with Gasteiger partial charge in [-0.25, -0.2) is 0 Å². The SMILES string of the molecule is CC(C)(C)n1cccc(C=O)c1=[Se]. The number of pyridine rings is 1. The molecule has 0 aliphatic heterocycles. The van der Waals surface area contributed by atoms with E-state index in [1.54, 1.807) is 6.07 Å². The molecule has 1 rings (SSSR count). The van der Waals surface area contributed by atoms with Crippen LogP contribution >= 0.6 is 0 Å². The number of aromatic nitrogens is 1. The molecule has 1 aromatic rings. The summed E-state index contributed by atoms with van der Waals surface area (Å²) in [5.41, 5.74) is 0.706. The number of hydrogen-bond acceptors (Lipinski definition) is 1. The predicted molar refractivity (Wildman–Crippen MR) is 53.8 cm³/mol. The Kier molecular flexibility index (Phi) is 2.89. The molecule has 1 aromatic heterocycles. The Bertz CT molecular complexity index is 373. The van der Waals surface area contributed by atoms with E-state index in [4.69, 9.17) is 0 Å². The van der Waals surface area contributed by atoms with Crippen LogP contribution in [0, 0.1) is 4.19 Å². The normalized spacial score (nSPS) is 11.3. The van der Waals surface area contributed by atoms with Crippen molar-refractivity contribution < 1.29 is 4.79 Å². The van der Waals surface area contributed by atoms with Gasteiger partial charge in [-0.2, -0.15) is 0 Å². The minimum atomic E-state index is -0.000394. The Hall–Kier alpha value is -0.661. The summed E-state index contributed by atoms with van der Waals surface area (Å²) in [6.07, 6.45) is 2.84. The van der Waals surface area contributed by atoms with Crippen molar-refractivity contribution in [1.29, 1.82) is 0 Å². The zero-order valence-electron chi connectivity index (χ0n) is 8.07. The van der Waals surface area contributed by atoms with E-state index in [-0.39, 0.29) is 5.54 Å². The van der Waals surface area contributed by atoms with E-state index in [1.165, 1.54) is 0 Å². The van der Waals surface area contributed by atoms with Gasteiger partial charge in [0.1, 0.15) is 0 Å². The predicted octanol–water partition coefficient (Wildman–Crippen LogP) is 1.76. The van der Waals surface area contributed by atoms with E-state index in [0.717, 1.165) is 10.5 Å². The Balaban J connectivity index is 3.41. The maximum absolute atomic E-state index is 10.7. The third-order valence-electron chi connectivity index (χ3n) is 1.83. The van der Waals surface area contributed by atoms with Crippen molar-refractivity contribution >= 4 is 21.9 Å². The van der Waals surface area contributed by atoms with Crippen molar-refractivity contribution in [3.05, 3.63) is 28.1 Å². The molecule has 0 saturated heterocycles. The molecular formula is C10H13NOSe. The van der Waals surface area contributed by atoms with Crippen LogP contribution in [0.5, 0.6) is 0 Å². The van der Waals surface area contributed by atoms with E-state index in [2.05, 4.69) is 40.9 Å². The van der Waals surface area contributed by atoms with E-state index in [1.807, 2.05) is 12.3 Å². The molecule has 3 heteroatoms. The minimum absolute atomic E-state index is 0.000394. The number of carbonyl (C=O) groups excluding carboxylic acids is 1. The van der Waals surface area contributed by atoms with Gasteiger partial charge in [0, 0.05) is 0 Å². The molecule has 0 atom stereocenters. The molecule has 0 radical (unpaired) electrons. The Labute approximate surface area is 85.9 Å². The average molecular weight is 242 g/mol. The van der Waals surface area contributed by atoms with Crippen molar-refractivity contribution in [2.75, 3.05) is 0 Å². The first-order chi connectivity index (χ1) is 5.96. The molecular weight excluding hydrogens is 229 g/mol. The van der Waals surface area contributed by atoms with E-state index < -0.39 is 0 Å². The number of carbonyl (C=O) groups is 1. The van der Waals surface area contributed by atoms with Crippen LogP contribution in [0.3, 0.4) is 0 Å². The van der Waals surface area contributed by atoms with E-state index in [9.17, 15) is 4.79 Å². The van der Waals surface area contributed by atoms with Crippen molar-refractivity contribution in [3.8, 4) is 0 Å². The third kappa shape index (κ3) is 2.17. The van der Waals surface area contributed by atoms with Crippen molar-refractivity contribution in [3.63, 3.8) is 0 Å². The quantitative estimate of drug-likeness (QED) is 0.543. The van der Waals surface area contributed by atoms with Gasteiger partial charge in [-0.1, -0.05) is 0 Å². The molecule has 0 aliphatic rings. The zero-order valence-corrected chi connectivity index (χ0v) is 9.79. The van der Waals surface area contributed by atoms with Crippen LogP contribution in [-0.2, 0) is 5.54 Å². The summed E-state index contributed by atoms with van der Waals surface area (Å²) in [5.74, 6) is 0. The molecule has 13 heavy (non-hydrogen) atoms. The molecule has 0 spiro atoms. The molecule has 1 heterocycles. The molecule has 0 unspecified atom stereocenters. The molecule has 0 N–H and O–H groups in total. The van der Waals surface area contributed by atoms with Crippen LogP contribution in [0.25, 0.3) is 0 Å². The molecule has 2 nitrogen and oxygen atoms in total. The first kappa shape index (κ1) is 10.4. The monoisotopic (exact) mass is 243 g/mol. The van der Waals surface area contributed by atoms with Crippen LogP contribution in [0.1, 0.15) is 31.1 Å². The van der Waals surface area contributed by atoms with Crippen LogP contribution in [0.4, 0.5) is 0 Å². The fourth-order valence-electron chi connectivity index (χ4n) is 1.13. The summed E-state index contributed by atoms with van der Waals surface area (Å²) < 4.78 is 2.95. The van der Waals surface area contributed by atoms with Gasteiger partial charge in [-0.3, -0.25) is 0 Å².